The number of imidazole rings is 1. The Hall–Kier alpha value is -3.48. The van der Waals surface area contributed by atoms with Crippen LogP contribution in [0.2, 0.25) is 0 Å². The molecule has 1 fully saturated rings. The Morgan fingerprint density at radius 3 is 2.85 bits per heavy atom. The smallest absolute Gasteiger partial charge is 0.232 e. The van der Waals surface area contributed by atoms with E-state index < -0.39 is 0 Å². The highest BCUT2D eigenvalue weighted by atomic mass is 16.5. The first-order valence-corrected chi connectivity index (χ1v) is 8.79. The molecule has 0 N–H and O–H groups in total. The van der Waals surface area contributed by atoms with Crippen LogP contribution in [0.4, 0.5) is 5.69 Å². The summed E-state index contributed by atoms with van der Waals surface area (Å²) in [7, 11) is 1.96. The molecule has 1 unspecified atom stereocenters. The van der Waals surface area contributed by atoms with Crippen molar-refractivity contribution in [3.05, 3.63) is 60.7 Å². The molecule has 0 spiro atoms. The summed E-state index contributed by atoms with van der Waals surface area (Å²) < 4.78 is 7.45. The molecule has 2 aromatic carbocycles. The molecule has 1 saturated heterocycles. The van der Waals surface area contributed by atoms with E-state index in [0.717, 1.165) is 22.3 Å². The third-order valence-electron chi connectivity index (χ3n) is 4.97. The monoisotopic (exact) mass is 359 g/mol. The van der Waals surface area contributed by atoms with Crippen LogP contribution in [0.1, 0.15) is 18.2 Å². The molecule has 2 aromatic heterocycles. The molecule has 0 aliphatic carbocycles. The van der Waals surface area contributed by atoms with E-state index in [9.17, 15) is 4.79 Å². The van der Waals surface area contributed by atoms with Gasteiger partial charge in [0.2, 0.25) is 17.6 Å². The summed E-state index contributed by atoms with van der Waals surface area (Å²) in [5.41, 5.74) is 3.67. The molecule has 1 aliphatic heterocycles. The predicted molar refractivity (Wildman–Crippen MR) is 100 cm³/mol. The molecule has 5 rings (SSSR count). The number of fused-ring (bicyclic) bond motifs is 1. The van der Waals surface area contributed by atoms with E-state index in [1.165, 1.54) is 0 Å². The maximum atomic E-state index is 12.4. The van der Waals surface area contributed by atoms with Crippen molar-refractivity contribution in [2.45, 2.75) is 12.3 Å². The molecule has 134 valence electrons. The van der Waals surface area contributed by atoms with E-state index in [4.69, 9.17) is 4.52 Å². The van der Waals surface area contributed by atoms with Crippen LogP contribution in [0, 0.1) is 0 Å². The number of nitrogens with zero attached hydrogens (tertiary/aromatic N) is 5. The van der Waals surface area contributed by atoms with Gasteiger partial charge in [-0.15, -0.1) is 0 Å². The first kappa shape index (κ1) is 15.7. The first-order valence-electron chi connectivity index (χ1n) is 8.79. The summed E-state index contributed by atoms with van der Waals surface area (Å²) in [4.78, 5) is 23.1. The Morgan fingerprint density at radius 2 is 2.00 bits per heavy atom. The maximum absolute atomic E-state index is 12.4. The topological polar surface area (TPSA) is 77.0 Å². The van der Waals surface area contributed by atoms with Gasteiger partial charge in [-0.1, -0.05) is 23.4 Å². The van der Waals surface area contributed by atoms with Crippen LogP contribution in [-0.2, 0) is 11.8 Å². The lowest BCUT2D eigenvalue weighted by Gasteiger charge is -2.15. The molecule has 0 radical (unpaired) electrons. The number of hydrogen-bond donors (Lipinski definition) is 0. The van der Waals surface area contributed by atoms with Crippen molar-refractivity contribution >= 4 is 22.6 Å². The minimum atomic E-state index is -0.0995. The molecule has 0 saturated carbocycles. The summed E-state index contributed by atoms with van der Waals surface area (Å²) in [6.07, 6.45) is 2.15. The van der Waals surface area contributed by atoms with Gasteiger partial charge in [-0.25, -0.2) is 4.98 Å². The Bertz CT molecular complexity index is 1130. The SMILES string of the molecule is Cn1cnc2cc(-c3noc(C4CC(=O)N(c5ccccc5)C4)n3)ccc21. The largest absolute Gasteiger partial charge is 0.339 e. The number of benzene rings is 2. The molecule has 1 amide bonds. The minimum Gasteiger partial charge on any atom is -0.339 e. The maximum Gasteiger partial charge on any atom is 0.232 e. The molecule has 0 bridgehead atoms. The fourth-order valence-electron chi connectivity index (χ4n) is 3.52. The van der Waals surface area contributed by atoms with E-state index in [-0.39, 0.29) is 11.8 Å². The highest BCUT2D eigenvalue weighted by Crippen LogP contribution is 2.32. The lowest BCUT2D eigenvalue weighted by atomic mass is 10.1. The minimum absolute atomic E-state index is 0.0702. The molecule has 1 aliphatic rings. The molecule has 7 heteroatoms. The van der Waals surface area contributed by atoms with Crippen LogP contribution < -0.4 is 4.90 Å². The van der Waals surface area contributed by atoms with Crippen LogP contribution in [0.5, 0.6) is 0 Å². The van der Waals surface area contributed by atoms with Crippen molar-refractivity contribution < 1.29 is 9.32 Å². The fraction of sp³-hybridized carbons (Fsp3) is 0.200. The van der Waals surface area contributed by atoms with Gasteiger partial charge in [-0.3, -0.25) is 4.79 Å². The van der Waals surface area contributed by atoms with E-state index >= 15 is 0 Å². The van der Waals surface area contributed by atoms with Crippen molar-refractivity contribution in [3.8, 4) is 11.4 Å². The van der Waals surface area contributed by atoms with E-state index in [2.05, 4.69) is 15.1 Å². The van der Waals surface area contributed by atoms with Crippen LogP contribution >= 0.6 is 0 Å². The Morgan fingerprint density at radius 1 is 1.15 bits per heavy atom. The van der Waals surface area contributed by atoms with E-state index in [1.807, 2.05) is 60.1 Å². The van der Waals surface area contributed by atoms with Gasteiger partial charge in [0.25, 0.3) is 0 Å². The van der Waals surface area contributed by atoms with Crippen molar-refractivity contribution in [2.75, 3.05) is 11.4 Å². The Kier molecular flexibility index (Phi) is 3.53. The van der Waals surface area contributed by atoms with E-state index in [0.29, 0.717) is 24.7 Å². The average Bonchev–Trinajstić information content (AvgIpc) is 3.41. The first-order chi connectivity index (χ1) is 13.2. The van der Waals surface area contributed by atoms with Crippen molar-refractivity contribution in [3.63, 3.8) is 0 Å². The summed E-state index contributed by atoms with van der Waals surface area (Å²) in [6.45, 7) is 0.545. The molecule has 27 heavy (non-hydrogen) atoms. The molecule has 4 aromatic rings. The van der Waals surface area contributed by atoms with Crippen LogP contribution in [-0.4, -0.2) is 32.1 Å². The quantitative estimate of drug-likeness (QED) is 0.562. The van der Waals surface area contributed by atoms with E-state index in [1.54, 1.807) is 11.2 Å². The number of anilines is 1. The molecular weight excluding hydrogens is 342 g/mol. The molecule has 1 atom stereocenters. The second kappa shape index (κ2) is 6.05. The predicted octanol–water partition coefficient (Wildman–Crippen LogP) is 3.14. The standard InChI is InChI=1S/C20H17N5O2/c1-24-12-21-16-9-13(7-8-17(16)24)19-22-20(27-23-19)14-10-18(26)25(11-14)15-5-3-2-4-6-15/h2-9,12,14H,10-11H2,1H3. The number of aryl methyl sites for hydroxylation is 1. The summed E-state index contributed by atoms with van der Waals surface area (Å²) in [5, 5.41) is 4.12. The number of carbonyl (C=O) groups is 1. The van der Waals surface area contributed by atoms with Crippen molar-refractivity contribution in [1.82, 2.24) is 19.7 Å². The van der Waals surface area contributed by atoms with Crippen molar-refractivity contribution in [2.24, 2.45) is 7.05 Å². The fourth-order valence-corrected chi connectivity index (χ4v) is 3.52. The van der Waals surface area contributed by atoms with Gasteiger partial charge in [0.1, 0.15) is 0 Å². The Labute approximate surface area is 155 Å². The summed E-state index contributed by atoms with van der Waals surface area (Å²) in [6, 6.07) is 15.5. The van der Waals surface area contributed by atoms with Gasteiger partial charge < -0.3 is 14.0 Å². The normalized spacial score (nSPS) is 17.1. The number of rotatable bonds is 3. The number of carbonyl (C=O) groups excluding carboxylic acids is 1. The van der Waals surface area contributed by atoms with Gasteiger partial charge in [-0.2, -0.15) is 4.98 Å². The third kappa shape index (κ3) is 2.68. The second-order valence-corrected chi connectivity index (χ2v) is 6.76. The van der Waals surface area contributed by atoms with Crippen LogP contribution in [0.3, 0.4) is 0 Å². The van der Waals surface area contributed by atoms with Gasteiger partial charge in [0.05, 0.1) is 23.3 Å². The number of amides is 1. The molecule has 7 nitrogen and oxygen atoms in total. The van der Waals surface area contributed by atoms with Crippen LogP contribution in [0.25, 0.3) is 22.4 Å². The number of hydrogen-bond acceptors (Lipinski definition) is 5. The summed E-state index contributed by atoms with van der Waals surface area (Å²) in [5.74, 6) is 0.986. The third-order valence-corrected chi connectivity index (χ3v) is 4.97. The van der Waals surface area contributed by atoms with Gasteiger partial charge in [0, 0.05) is 31.3 Å². The number of para-hydroxylation sites is 1. The second-order valence-electron chi connectivity index (χ2n) is 6.76. The number of aromatic nitrogens is 4. The summed E-state index contributed by atoms with van der Waals surface area (Å²) >= 11 is 0. The highest BCUT2D eigenvalue weighted by molar-refractivity contribution is 5.96. The van der Waals surface area contributed by atoms with Gasteiger partial charge >= 0.3 is 0 Å². The zero-order valence-corrected chi connectivity index (χ0v) is 14.7. The van der Waals surface area contributed by atoms with Crippen LogP contribution in [0.15, 0.2) is 59.4 Å². The molecular formula is C20H17N5O2. The molecule has 3 heterocycles. The van der Waals surface area contributed by atoms with Crippen molar-refractivity contribution in [1.29, 1.82) is 0 Å². The van der Waals surface area contributed by atoms with Gasteiger partial charge in [0.15, 0.2) is 0 Å². The lowest BCUT2D eigenvalue weighted by molar-refractivity contribution is -0.117. The zero-order chi connectivity index (χ0) is 18.4. The van der Waals surface area contributed by atoms with Gasteiger partial charge in [-0.05, 0) is 30.3 Å². The average molecular weight is 359 g/mol. The highest BCUT2D eigenvalue weighted by Gasteiger charge is 2.35. The Balaban J connectivity index is 1.41. The zero-order valence-electron chi connectivity index (χ0n) is 14.7. The lowest BCUT2D eigenvalue weighted by Crippen LogP contribution is -2.24.